The molecular weight excluding hydrogens is 175 g/mol. The topological polar surface area (TPSA) is 23.8 Å². The van der Waals surface area contributed by atoms with Crippen LogP contribution in [0.1, 0.15) is 0 Å². The fourth-order valence-electron chi connectivity index (χ4n) is 0.438. The minimum atomic E-state index is 0. The average molecular weight is 181 g/mol. The number of hydrogen-bond donors (Lipinski definition) is 0. The van der Waals surface area contributed by atoms with Crippen molar-refractivity contribution in [2.75, 3.05) is 0 Å². The Morgan fingerprint density at radius 2 is 1.50 bits per heavy atom. The van der Waals surface area contributed by atoms with Crippen molar-refractivity contribution >= 4 is 5.69 Å². The van der Waals surface area contributed by atoms with Gasteiger partial charge in [0.25, 0.3) is 0 Å². The normalized spacial score (nSPS) is 7.50. The molecule has 0 bridgehead atoms. The predicted molar refractivity (Wildman–Crippen MR) is 30.4 cm³/mol. The Morgan fingerprint density at radius 3 is 1.75 bits per heavy atom. The first-order chi connectivity index (χ1) is 3.39. The van der Waals surface area contributed by atoms with Gasteiger partial charge in [0.2, 0.25) is 0 Å². The number of hydrogen-bond acceptors (Lipinski definition) is 0. The van der Waals surface area contributed by atoms with Crippen LogP contribution in [0.3, 0.4) is 0 Å². The van der Waals surface area contributed by atoms with Crippen molar-refractivity contribution in [3.05, 3.63) is 36.1 Å². The van der Waals surface area contributed by atoms with Gasteiger partial charge in [0.1, 0.15) is 0 Å². The first-order valence-corrected chi connectivity index (χ1v) is 2.16. The Kier molecular flexibility index (Phi) is 4.11. The zero-order valence-electron chi connectivity index (χ0n) is 4.46. The maximum absolute atomic E-state index is 7.00. The zero-order valence-corrected chi connectivity index (χ0v) is 7.30. The van der Waals surface area contributed by atoms with Gasteiger partial charge in [-0.1, -0.05) is 30.3 Å². The number of nitrogens with one attached hydrogen (secondary N) is 1. The van der Waals surface area contributed by atoms with Crippen molar-refractivity contribution in [1.29, 1.82) is 0 Å². The monoisotopic (exact) mass is 181 g/mol. The molecule has 0 amide bonds. The first-order valence-electron chi connectivity index (χ1n) is 2.16. The van der Waals surface area contributed by atoms with Crippen LogP contribution in [0.4, 0.5) is 5.69 Å². The molecule has 0 saturated carbocycles. The molecule has 39 valence electrons. The van der Waals surface area contributed by atoms with E-state index in [9.17, 15) is 0 Å². The van der Waals surface area contributed by atoms with Crippen molar-refractivity contribution in [3.8, 4) is 0 Å². The Balaban J connectivity index is 0.000000490. The van der Waals surface area contributed by atoms with Crippen LogP contribution in [-0.2, 0) is 32.7 Å². The van der Waals surface area contributed by atoms with E-state index in [1.807, 2.05) is 18.2 Å². The zero-order chi connectivity index (χ0) is 5.11. The van der Waals surface area contributed by atoms with E-state index >= 15 is 0 Å². The van der Waals surface area contributed by atoms with Gasteiger partial charge in [0.15, 0.2) is 0 Å². The van der Waals surface area contributed by atoms with Crippen molar-refractivity contribution < 1.29 is 32.7 Å². The van der Waals surface area contributed by atoms with Crippen molar-refractivity contribution in [2.45, 2.75) is 0 Å². The Hall–Kier alpha value is 0.124. The molecule has 0 atom stereocenters. The summed E-state index contributed by atoms with van der Waals surface area (Å²) in [6, 6.07) is 9.10. The van der Waals surface area contributed by atoms with Gasteiger partial charge >= 0.3 is 0 Å². The molecule has 0 spiro atoms. The third-order valence-corrected chi connectivity index (χ3v) is 0.774. The van der Waals surface area contributed by atoms with Crippen LogP contribution in [0.5, 0.6) is 0 Å². The molecule has 0 aliphatic rings. The van der Waals surface area contributed by atoms with E-state index in [1.54, 1.807) is 12.1 Å². The third-order valence-electron chi connectivity index (χ3n) is 0.774. The molecule has 1 rings (SSSR count). The summed E-state index contributed by atoms with van der Waals surface area (Å²) in [5.74, 6) is 0. The van der Waals surface area contributed by atoms with Gasteiger partial charge < -0.3 is 5.73 Å². The van der Waals surface area contributed by atoms with E-state index in [2.05, 4.69) is 0 Å². The van der Waals surface area contributed by atoms with Gasteiger partial charge in [-0.15, -0.1) is 5.69 Å². The summed E-state index contributed by atoms with van der Waals surface area (Å²) in [4.78, 5) is 0. The summed E-state index contributed by atoms with van der Waals surface area (Å²) in [5.41, 5.74) is 7.57. The molecule has 1 radical (unpaired) electrons. The van der Waals surface area contributed by atoms with E-state index < -0.39 is 0 Å². The molecule has 2 heteroatoms. The minimum Gasteiger partial charge on any atom is -0.699 e. The summed E-state index contributed by atoms with van der Waals surface area (Å²) in [7, 11) is 0. The van der Waals surface area contributed by atoms with Crippen LogP contribution < -0.4 is 0 Å². The Labute approximate surface area is 74.2 Å². The second-order valence-corrected chi connectivity index (χ2v) is 1.37. The Bertz CT molecular complexity index is 138. The second kappa shape index (κ2) is 4.05. The molecule has 0 aliphatic carbocycles. The molecule has 8 heavy (non-hydrogen) atoms. The summed E-state index contributed by atoms with van der Waals surface area (Å²) < 4.78 is 0. The maximum Gasteiger partial charge on any atom is 0 e. The van der Waals surface area contributed by atoms with Gasteiger partial charge in [-0.3, -0.25) is 0 Å². The third kappa shape index (κ3) is 2.44. The maximum atomic E-state index is 7.00. The average Bonchev–Trinajstić information content (AvgIpc) is 1.69. The molecule has 0 aromatic heterocycles. The van der Waals surface area contributed by atoms with Crippen LogP contribution in [0.15, 0.2) is 30.3 Å². The summed E-state index contributed by atoms with van der Waals surface area (Å²) >= 11 is 0. The standard InChI is InChI=1S/C6H6N.Y/c7-6-4-2-1-3-5-6;/h1-5,7H;/q-1;. The van der Waals surface area contributed by atoms with E-state index in [0.29, 0.717) is 5.69 Å². The quantitative estimate of drug-likeness (QED) is 0.586. The summed E-state index contributed by atoms with van der Waals surface area (Å²) in [6.45, 7) is 0. The van der Waals surface area contributed by atoms with Crippen molar-refractivity contribution in [2.24, 2.45) is 0 Å². The number of benzene rings is 1. The molecule has 1 nitrogen and oxygen atoms in total. The van der Waals surface area contributed by atoms with E-state index in [0.717, 1.165) is 0 Å². The summed E-state index contributed by atoms with van der Waals surface area (Å²) in [5, 5.41) is 0. The van der Waals surface area contributed by atoms with E-state index in [-0.39, 0.29) is 32.7 Å². The largest absolute Gasteiger partial charge is 0.699 e. The molecule has 0 aliphatic heterocycles. The van der Waals surface area contributed by atoms with E-state index in [1.165, 1.54) is 0 Å². The van der Waals surface area contributed by atoms with Crippen LogP contribution in [-0.4, -0.2) is 0 Å². The molecule has 1 aromatic carbocycles. The predicted octanol–water partition coefficient (Wildman–Crippen LogP) is 2.37. The molecular formula is C6H6NY-. The van der Waals surface area contributed by atoms with Crippen LogP contribution >= 0.6 is 0 Å². The van der Waals surface area contributed by atoms with Gasteiger partial charge in [-0.25, -0.2) is 0 Å². The second-order valence-electron chi connectivity index (χ2n) is 1.37. The summed E-state index contributed by atoms with van der Waals surface area (Å²) in [6.07, 6.45) is 0. The molecule has 0 fully saturated rings. The van der Waals surface area contributed by atoms with Crippen LogP contribution in [0.25, 0.3) is 5.73 Å². The van der Waals surface area contributed by atoms with Crippen LogP contribution in [0, 0.1) is 0 Å². The smallest absolute Gasteiger partial charge is 0 e. The molecule has 0 unspecified atom stereocenters. The molecule has 1 N–H and O–H groups in total. The minimum absolute atomic E-state index is 0. The fourth-order valence-corrected chi connectivity index (χ4v) is 0.438. The van der Waals surface area contributed by atoms with Crippen molar-refractivity contribution in [3.63, 3.8) is 0 Å². The van der Waals surface area contributed by atoms with Gasteiger partial charge in [-0.05, 0) is 0 Å². The van der Waals surface area contributed by atoms with Gasteiger partial charge in [-0.2, -0.15) is 0 Å². The number of rotatable bonds is 0. The SMILES string of the molecule is [NH-]c1ccccc1.[Y]. The van der Waals surface area contributed by atoms with Gasteiger partial charge in [0.05, 0.1) is 0 Å². The molecule has 0 heterocycles. The Morgan fingerprint density at radius 1 is 1.00 bits per heavy atom. The van der Waals surface area contributed by atoms with E-state index in [4.69, 9.17) is 5.73 Å². The van der Waals surface area contributed by atoms with Crippen molar-refractivity contribution in [1.82, 2.24) is 0 Å². The van der Waals surface area contributed by atoms with Crippen LogP contribution in [0.2, 0.25) is 0 Å². The first kappa shape index (κ1) is 8.12. The van der Waals surface area contributed by atoms with Gasteiger partial charge in [0, 0.05) is 32.7 Å². The molecule has 0 saturated heterocycles. The molecule has 1 aromatic rings. The fraction of sp³-hybridized carbons (Fsp3) is 0.